The van der Waals surface area contributed by atoms with Crippen LogP contribution in [0.3, 0.4) is 0 Å². The minimum atomic E-state index is 0. The molecule has 1 aliphatic rings. The summed E-state index contributed by atoms with van der Waals surface area (Å²) in [6, 6.07) is 10.3. The molecule has 26 heavy (non-hydrogen) atoms. The van der Waals surface area contributed by atoms with Crippen LogP contribution in [-0.2, 0) is 6.54 Å². The van der Waals surface area contributed by atoms with Crippen LogP contribution in [0, 0.1) is 0 Å². The van der Waals surface area contributed by atoms with Gasteiger partial charge in [0, 0.05) is 37.4 Å². The number of rotatable bonds is 5. The fourth-order valence-electron chi connectivity index (χ4n) is 2.65. The Bertz CT molecular complexity index is 707. The standard InChI is InChI=1S/C19H25N3O2S.HI/c1-14(18-5-3-10-25-18)12-21-19(20-2)22-13-15-6-7-16-17(11-15)24-9-4-8-23-16;/h3,5-7,10-11,14H,4,8-9,12-13H2,1-2H3,(H2,20,21,22);1H. The van der Waals surface area contributed by atoms with E-state index in [4.69, 9.17) is 9.47 Å². The van der Waals surface area contributed by atoms with Gasteiger partial charge in [-0.05, 0) is 29.1 Å². The Morgan fingerprint density at radius 1 is 1.19 bits per heavy atom. The summed E-state index contributed by atoms with van der Waals surface area (Å²) < 4.78 is 11.4. The van der Waals surface area contributed by atoms with Gasteiger partial charge in [0.2, 0.25) is 0 Å². The lowest BCUT2D eigenvalue weighted by Crippen LogP contribution is -2.38. The Balaban J connectivity index is 0.00000243. The Labute approximate surface area is 176 Å². The normalized spacial score (nSPS) is 14.8. The van der Waals surface area contributed by atoms with Gasteiger partial charge in [-0.1, -0.05) is 19.1 Å². The Morgan fingerprint density at radius 3 is 2.73 bits per heavy atom. The third-order valence-corrected chi connectivity index (χ3v) is 5.20. The van der Waals surface area contributed by atoms with E-state index in [1.807, 2.05) is 12.1 Å². The summed E-state index contributed by atoms with van der Waals surface area (Å²) >= 11 is 1.79. The largest absolute Gasteiger partial charge is 0.490 e. The van der Waals surface area contributed by atoms with Crippen LogP contribution in [0.1, 0.15) is 29.7 Å². The van der Waals surface area contributed by atoms with Crippen LogP contribution >= 0.6 is 35.3 Å². The number of halogens is 1. The number of aliphatic imine (C=N–C) groups is 1. The van der Waals surface area contributed by atoms with Crippen LogP contribution in [0.4, 0.5) is 0 Å². The second-order valence-corrected chi connectivity index (χ2v) is 7.03. The summed E-state index contributed by atoms with van der Waals surface area (Å²) in [7, 11) is 1.79. The topological polar surface area (TPSA) is 54.9 Å². The Hall–Kier alpha value is -1.48. The average Bonchev–Trinajstić information content (AvgIpc) is 3.07. The van der Waals surface area contributed by atoms with E-state index < -0.39 is 0 Å². The van der Waals surface area contributed by atoms with E-state index in [2.05, 4.69) is 46.1 Å². The van der Waals surface area contributed by atoms with Crippen molar-refractivity contribution in [1.82, 2.24) is 10.6 Å². The third-order valence-electron chi connectivity index (χ3n) is 4.10. The van der Waals surface area contributed by atoms with Crippen molar-refractivity contribution in [3.63, 3.8) is 0 Å². The lowest BCUT2D eigenvalue weighted by molar-refractivity contribution is 0.297. The third kappa shape index (κ3) is 5.77. The molecule has 0 fully saturated rings. The highest BCUT2D eigenvalue weighted by Gasteiger charge is 2.11. The van der Waals surface area contributed by atoms with Crippen molar-refractivity contribution in [2.24, 2.45) is 4.99 Å². The van der Waals surface area contributed by atoms with Crippen LogP contribution in [0.5, 0.6) is 11.5 Å². The molecule has 0 bridgehead atoms. The minimum Gasteiger partial charge on any atom is -0.490 e. The number of nitrogens with one attached hydrogen (secondary N) is 2. The van der Waals surface area contributed by atoms with E-state index in [0.717, 1.165) is 36.0 Å². The van der Waals surface area contributed by atoms with Gasteiger partial charge in [-0.25, -0.2) is 0 Å². The Morgan fingerprint density at radius 2 is 2.00 bits per heavy atom. The number of guanidine groups is 1. The van der Waals surface area contributed by atoms with Crippen LogP contribution in [0.15, 0.2) is 40.7 Å². The number of hydrogen-bond acceptors (Lipinski definition) is 4. The van der Waals surface area contributed by atoms with E-state index in [9.17, 15) is 0 Å². The van der Waals surface area contributed by atoms with Gasteiger partial charge in [0.05, 0.1) is 13.2 Å². The van der Waals surface area contributed by atoms with Gasteiger partial charge in [-0.3, -0.25) is 4.99 Å². The molecule has 1 atom stereocenters. The van der Waals surface area contributed by atoms with Crippen molar-refractivity contribution in [3.8, 4) is 11.5 Å². The molecule has 0 spiro atoms. The van der Waals surface area contributed by atoms with Crippen LogP contribution in [-0.4, -0.2) is 32.8 Å². The lowest BCUT2D eigenvalue weighted by Gasteiger charge is -2.16. The summed E-state index contributed by atoms with van der Waals surface area (Å²) in [6.45, 7) is 5.16. The molecule has 7 heteroatoms. The molecule has 2 N–H and O–H groups in total. The van der Waals surface area contributed by atoms with Gasteiger partial charge in [0.1, 0.15) is 0 Å². The van der Waals surface area contributed by atoms with Gasteiger partial charge in [0.25, 0.3) is 0 Å². The maximum atomic E-state index is 5.75. The highest BCUT2D eigenvalue weighted by Crippen LogP contribution is 2.30. The van der Waals surface area contributed by atoms with Gasteiger partial charge < -0.3 is 20.1 Å². The number of fused-ring (bicyclic) bond motifs is 1. The van der Waals surface area contributed by atoms with Crippen LogP contribution in [0.25, 0.3) is 0 Å². The van der Waals surface area contributed by atoms with Crippen molar-refractivity contribution in [2.45, 2.75) is 25.8 Å². The zero-order chi connectivity index (χ0) is 17.5. The molecule has 0 radical (unpaired) electrons. The van der Waals surface area contributed by atoms with Gasteiger partial charge >= 0.3 is 0 Å². The first kappa shape index (κ1) is 20.8. The molecule has 5 nitrogen and oxygen atoms in total. The average molecular weight is 487 g/mol. The fourth-order valence-corrected chi connectivity index (χ4v) is 3.43. The molecule has 0 aliphatic carbocycles. The zero-order valence-electron chi connectivity index (χ0n) is 15.2. The Kier molecular flexibility index (Phi) is 8.50. The molecule has 0 amide bonds. The van der Waals surface area contributed by atoms with E-state index in [1.165, 1.54) is 4.88 Å². The minimum absolute atomic E-state index is 0. The van der Waals surface area contributed by atoms with Crippen LogP contribution in [0.2, 0.25) is 0 Å². The predicted molar refractivity (Wildman–Crippen MR) is 118 cm³/mol. The smallest absolute Gasteiger partial charge is 0.191 e. The van der Waals surface area contributed by atoms with Gasteiger partial charge in [-0.2, -0.15) is 0 Å². The number of benzene rings is 1. The highest BCUT2D eigenvalue weighted by atomic mass is 127. The molecule has 142 valence electrons. The second kappa shape index (κ2) is 10.6. The molecule has 1 aliphatic heterocycles. The predicted octanol–water partition coefficient (Wildman–Crippen LogP) is 4.00. The monoisotopic (exact) mass is 487 g/mol. The molecule has 1 unspecified atom stereocenters. The van der Waals surface area contributed by atoms with E-state index in [1.54, 1.807) is 18.4 Å². The molecule has 2 heterocycles. The summed E-state index contributed by atoms with van der Waals surface area (Å²) in [6.07, 6.45) is 0.918. The van der Waals surface area contributed by atoms with Gasteiger partial charge in [0.15, 0.2) is 17.5 Å². The molecule has 0 saturated carbocycles. The highest BCUT2D eigenvalue weighted by molar-refractivity contribution is 14.0. The summed E-state index contributed by atoms with van der Waals surface area (Å²) in [4.78, 5) is 5.68. The maximum absolute atomic E-state index is 5.75. The fraction of sp³-hybridized carbons (Fsp3) is 0.421. The molecular weight excluding hydrogens is 461 g/mol. The van der Waals surface area contributed by atoms with E-state index in [0.29, 0.717) is 25.7 Å². The summed E-state index contributed by atoms with van der Waals surface area (Å²) in [5.74, 6) is 2.91. The van der Waals surface area contributed by atoms with Crippen molar-refractivity contribution in [3.05, 3.63) is 46.2 Å². The number of hydrogen-bond donors (Lipinski definition) is 2. The second-order valence-electron chi connectivity index (χ2n) is 6.05. The maximum Gasteiger partial charge on any atom is 0.191 e. The van der Waals surface area contributed by atoms with E-state index in [-0.39, 0.29) is 24.0 Å². The first-order chi connectivity index (χ1) is 12.3. The van der Waals surface area contributed by atoms with Crippen molar-refractivity contribution in [1.29, 1.82) is 0 Å². The van der Waals surface area contributed by atoms with E-state index >= 15 is 0 Å². The molecule has 2 aromatic rings. The zero-order valence-corrected chi connectivity index (χ0v) is 18.3. The SMILES string of the molecule is CN=C(NCc1ccc2c(c1)OCCCO2)NCC(C)c1cccs1.I. The molecule has 3 rings (SSSR count). The van der Waals surface area contributed by atoms with Gasteiger partial charge in [-0.15, -0.1) is 35.3 Å². The lowest BCUT2D eigenvalue weighted by atomic mass is 10.1. The number of nitrogens with zero attached hydrogens (tertiary/aromatic N) is 1. The molecular formula is C19H26IN3O2S. The molecule has 0 saturated heterocycles. The van der Waals surface area contributed by atoms with Crippen LogP contribution < -0.4 is 20.1 Å². The first-order valence-electron chi connectivity index (χ1n) is 8.62. The number of ether oxygens (including phenoxy) is 2. The quantitative estimate of drug-likeness (QED) is 0.381. The van der Waals surface area contributed by atoms with Crippen molar-refractivity contribution in [2.75, 3.05) is 26.8 Å². The number of thiophene rings is 1. The molecule has 1 aromatic heterocycles. The van der Waals surface area contributed by atoms with Crippen molar-refractivity contribution >= 4 is 41.3 Å². The summed E-state index contributed by atoms with van der Waals surface area (Å²) in [5.41, 5.74) is 1.14. The van der Waals surface area contributed by atoms with Crippen molar-refractivity contribution < 1.29 is 9.47 Å². The summed E-state index contributed by atoms with van der Waals surface area (Å²) in [5, 5.41) is 8.86. The first-order valence-corrected chi connectivity index (χ1v) is 9.50. The molecule has 1 aromatic carbocycles.